The lowest BCUT2D eigenvalue weighted by Crippen LogP contribution is -2.16. The van der Waals surface area contributed by atoms with Crippen LogP contribution >= 0.6 is 0 Å². The Labute approximate surface area is 237 Å². The van der Waals surface area contributed by atoms with Gasteiger partial charge in [-0.15, -0.1) is 0 Å². The molecule has 6 aromatic carbocycles. The Bertz CT molecular complexity index is 2330. The highest BCUT2D eigenvalue weighted by molar-refractivity contribution is 6.27. The summed E-state index contributed by atoms with van der Waals surface area (Å²) in [5.41, 5.74) is 12.1. The van der Waals surface area contributed by atoms with Gasteiger partial charge in [0.25, 0.3) is 0 Å². The van der Waals surface area contributed by atoms with Crippen LogP contribution in [0.5, 0.6) is 0 Å². The van der Waals surface area contributed by atoms with Gasteiger partial charge in [-0.25, -0.2) is 4.98 Å². The van der Waals surface area contributed by atoms with E-state index in [2.05, 4.69) is 144 Å². The zero-order chi connectivity index (χ0) is 27.3. The number of para-hydroxylation sites is 3. The maximum Gasteiger partial charge on any atom is 0.113 e. The largest absolute Gasteiger partial charge is 0.307 e. The van der Waals surface area contributed by atoms with E-state index in [1.807, 2.05) is 6.33 Å². The number of hydrogen-bond acceptors (Lipinski definition) is 1. The minimum atomic E-state index is -0.169. The highest BCUT2D eigenvalue weighted by Crippen LogP contribution is 2.56. The average molecular weight is 526 g/mol. The topological polar surface area (TPSA) is 22.8 Å². The third-order valence-electron chi connectivity index (χ3n) is 9.15. The Morgan fingerprint density at radius 1 is 0.610 bits per heavy atom. The van der Waals surface area contributed by atoms with Crippen molar-refractivity contribution in [1.29, 1.82) is 0 Å². The number of rotatable bonds is 2. The first kappa shape index (κ1) is 22.6. The maximum absolute atomic E-state index is 5.04. The normalized spacial score (nSPS) is 13.8. The second-order valence-electron chi connectivity index (χ2n) is 11.6. The maximum atomic E-state index is 5.04. The average Bonchev–Trinajstić information content (AvgIpc) is 3.67. The summed E-state index contributed by atoms with van der Waals surface area (Å²) in [5.74, 6) is 0. The van der Waals surface area contributed by atoms with Gasteiger partial charge in [-0.3, -0.25) is 4.57 Å². The van der Waals surface area contributed by atoms with Gasteiger partial charge >= 0.3 is 0 Å². The van der Waals surface area contributed by atoms with Crippen LogP contribution in [0.3, 0.4) is 0 Å². The summed E-state index contributed by atoms with van der Waals surface area (Å²) in [5, 5.41) is 5.20. The Kier molecular flexibility index (Phi) is 4.39. The predicted molar refractivity (Wildman–Crippen MR) is 170 cm³/mol. The number of aromatic nitrogens is 3. The summed E-state index contributed by atoms with van der Waals surface area (Å²) >= 11 is 0. The highest BCUT2D eigenvalue weighted by atomic mass is 15.1. The van der Waals surface area contributed by atoms with Crippen molar-refractivity contribution in [3.63, 3.8) is 0 Å². The Morgan fingerprint density at radius 3 is 2.15 bits per heavy atom. The van der Waals surface area contributed by atoms with Crippen LogP contribution in [-0.2, 0) is 5.41 Å². The van der Waals surface area contributed by atoms with E-state index in [0.717, 1.165) is 22.4 Å². The monoisotopic (exact) mass is 525 g/mol. The fourth-order valence-electron chi connectivity index (χ4n) is 7.44. The molecule has 0 amide bonds. The minimum Gasteiger partial charge on any atom is -0.307 e. The van der Waals surface area contributed by atoms with E-state index in [1.54, 1.807) is 0 Å². The van der Waals surface area contributed by atoms with Crippen LogP contribution in [0.15, 0.2) is 128 Å². The van der Waals surface area contributed by atoms with Crippen molar-refractivity contribution in [3.8, 4) is 22.5 Å². The highest BCUT2D eigenvalue weighted by Gasteiger charge is 2.40. The molecule has 0 saturated carbocycles. The van der Waals surface area contributed by atoms with Gasteiger partial charge in [0, 0.05) is 21.9 Å². The van der Waals surface area contributed by atoms with Crippen LogP contribution in [0.2, 0.25) is 0 Å². The van der Waals surface area contributed by atoms with Crippen LogP contribution in [0.4, 0.5) is 0 Å². The zero-order valence-corrected chi connectivity index (χ0v) is 23.0. The molecular weight excluding hydrogens is 498 g/mol. The molecular formula is C38H27N3. The SMILES string of the molecule is CC1(C)c2ccccc2-c2c1c1c(c3ccccc23)c2ccccc2n1-c1cccc2c1ncn2-c1ccccc1. The minimum absolute atomic E-state index is 0.169. The molecule has 8 aromatic rings. The smallest absolute Gasteiger partial charge is 0.113 e. The van der Waals surface area contributed by atoms with Gasteiger partial charge < -0.3 is 4.57 Å². The Morgan fingerprint density at radius 2 is 1.29 bits per heavy atom. The third kappa shape index (κ3) is 2.85. The number of imidazole rings is 1. The second-order valence-corrected chi connectivity index (χ2v) is 11.6. The van der Waals surface area contributed by atoms with Crippen molar-refractivity contribution in [2.75, 3.05) is 0 Å². The van der Waals surface area contributed by atoms with E-state index in [1.165, 1.54) is 54.8 Å². The molecule has 3 nitrogen and oxygen atoms in total. The van der Waals surface area contributed by atoms with E-state index in [9.17, 15) is 0 Å². The number of nitrogens with zero attached hydrogens (tertiary/aromatic N) is 3. The molecule has 194 valence electrons. The first-order valence-corrected chi connectivity index (χ1v) is 14.2. The van der Waals surface area contributed by atoms with E-state index in [0.29, 0.717) is 0 Å². The van der Waals surface area contributed by atoms with Gasteiger partial charge in [0.15, 0.2) is 0 Å². The van der Waals surface area contributed by atoms with Crippen molar-refractivity contribution < 1.29 is 0 Å². The lowest BCUT2D eigenvalue weighted by molar-refractivity contribution is 0.664. The van der Waals surface area contributed by atoms with E-state index in [4.69, 9.17) is 4.98 Å². The van der Waals surface area contributed by atoms with Crippen LogP contribution in [0, 0.1) is 0 Å². The van der Waals surface area contributed by atoms with Crippen molar-refractivity contribution in [2.45, 2.75) is 19.3 Å². The number of fused-ring (bicyclic) bond motifs is 11. The first-order valence-electron chi connectivity index (χ1n) is 14.2. The zero-order valence-electron chi connectivity index (χ0n) is 23.0. The summed E-state index contributed by atoms with van der Waals surface area (Å²) in [6, 6.07) is 43.8. The molecule has 0 bridgehead atoms. The Hall–Kier alpha value is -5.15. The van der Waals surface area contributed by atoms with E-state index >= 15 is 0 Å². The summed E-state index contributed by atoms with van der Waals surface area (Å²) in [7, 11) is 0. The van der Waals surface area contributed by atoms with Crippen LogP contribution in [0.25, 0.3) is 66.1 Å². The molecule has 2 heterocycles. The van der Waals surface area contributed by atoms with Crippen LogP contribution in [0.1, 0.15) is 25.0 Å². The van der Waals surface area contributed by atoms with Gasteiger partial charge in [0.1, 0.15) is 11.8 Å². The van der Waals surface area contributed by atoms with Crippen LogP contribution in [-0.4, -0.2) is 14.1 Å². The van der Waals surface area contributed by atoms with Gasteiger partial charge in [0.05, 0.1) is 22.2 Å². The van der Waals surface area contributed by atoms with Gasteiger partial charge in [-0.05, 0) is 63.4 Å². The summed E-state index contributed by atoms with van der Waals surface area (Å²) in [6.45, 7) is 4.77. The van der Waals surface area contributed by atoms with Gasteiger partial charge in [-0.2, -0.15) is 0 Å². The molecule has 3 heteroatoms. The Balaban J connectivity index is 1.51. The molecule has 0 N–H and O–H groups in total. The second kappa shape index (κ2) is 7.96. The molecule has 0 aliphatic heterocycles. The van der Waals surface area contributed by atoms with E-state index in [-0.39, 0.29) is 5.41 Å². The van der Waals surface area contributed by atoms with Crippen molar-refractivity contribution in [1.82, 2.24) is 14.1 Å². The molecule has 0 spiro atoms. The molecule has 9 rings (SSSR count). The molecule has 0 atom stereocenters. The number of benzene rings is 6. The van der Waals surface area contributed by atoms with Gasteiger partial charge in [-0.1, -0.05) is 105 Å². The van der Waals surface area contributed by atoms with Gasteiger partial charge in [0.2, 0.25) is 0 Å². The number of hydrogen-bond donors (Lipinski definition) is 0. The predicted octanol–water partition coefficient (Wildman–Crippen LogP) is 9.58. The lowest BCUT2D eigenvalue weighted by atomic mass is 9.80. The standard InChI is InChI=1S/C38H27N3/c1-38(2)29-19-10-8-17-27(29)33-25-15-6-7-16-26(25)34-28-18-9-11-20-30(28)41(37(34)35(33)38)32-22-12-21-31-36(32)39-23-40(31)24-13-4-3-5-14-24/h3-23H,1-2H3. The van der Waals surface area contributed by atoms with Crippen LogP contribution < -0.4 is 0 Å². The first-order chi connectivity index (χ1) is 20.1. The molecule has 1 aliphatic rings. The van der Waals surface area contributed by atoms with Crippen molar-refractivity contribution >= 4 is 43.6 Å². The quantitative estimate of drug-likeness (QED) is 0.220. The summed E-state index contributed by atoms with van der Waals surface area (Å²) in [6.07, 6.45) is 1.96. The molecule has 2 aromatic heterocycles. The fraction of sp³-hybridized carbons (Fsp3) is 0.0789. The molecule has 41 heavy (non-hydrogen) atoms. The molecule has 0 fully saturated rings. The lowest BCUT2D eigenvalue weighted by Gasteiger charge is -2.24. The molecule has 0 unspecified atom stereocenters. The fourth-order valence-corrected chi connectivity index (χ4v) is 7.44. The van der Waals surface area contributed by atoms with Crippen molar-refractivity contribution in [3.05, 3.63) is 139 Å². The molecule has 0 saturated heterocycles. The third-order valence-corrected chi connectivity index (χ3v) is 9.15. The van der Waals surface area contributed by atoms with E-state index < -0.39 is 0 Å². The molecule has 0 radical (unpaired) electrons. The van der Waals surface area contributed by atoms with Crippen molar-refractivity contribution in [2.24, 2.45) is 0 Å². The molecule has 1 aliphatic carbocycles. The summed E-state index contributed by atoms with van der Waals surface area (Å²) in [4.78, 5) is 5.04. The summed E-state index contributed by atoms with van der Waals surface area (Å²) < 4.78 is 4.68.